The summed E-state index contributed by atoms with van der Waals surface area (Å²) in [7, 11) is 0. The van der Waals surface area contributed by atoms with Gasteiger partial charge in [0.2, 0.25) is 5.91 Å². The second kappa shape index (κ2) is 57.3. The second-order valence-electron chi connectivity index (χ2n) is 25.0. The molecular formula is C73H131NO13. The lowest BCUT2D eigenvalue weighted by molar-refractivity contribution is -0.359. The summed E-state index contributed by atoms with van der Waals surface area (Å²) in [6, 6.07) is -0.920. The van der Waals surface area contributed by atoms with E-state index < -0.39 is 86.8 Å². The first kappa shape index (κ1) is 80.5. The van der Waals surface area contributed by atoms with Gasteiger partial charge in [0, 0.05) is 6.42 Å². The number of hydrogen-bond acceptors (Lipinski definition) is 13. The minimum absolute atomic E-state index is 0.240. The van der Waals surface area contributed by atoms with Gasteiger partial charge in [0.25, 0.3) is 0 Å². The number of rotatable bonds is 58. The minimum atomic E-state index is -1.79. The molecule has 2 fully saturated rings. The van der Waals surface area contributed by atoms with Gasteiger partial charge in [-0.1, -0.05) is 292 Å². The molecule has 0 aromatic heterocycles. The zero-order valence-electron chi connectivity index (χ0n) is 55.0. The van der Waals surface area contributed by atoms with Crippen LogP contribution in [0.4, 0.5) is 0 Å². The fourth-order valence-electron chi connectivity index (χ4n) is 11.5. The molecule has 2 aliphatic rings. The van der Waals surface area contributed by atoms with Crippen molar-refractivity contribution < 1.29 is 64.6 Å². The van der Waals surface area contributed by atoms with Gasteiger partial charge in [0.15, 0.2) is 12.6 Å². The predicted molar refractivity (Wildman–Crippen MR) is 355 cm³/mol. The van der Waals surface area contributed by atoms with Crippen LogP contribution in [0, 0.1) is 0 Å². The highest BCUT2D eigenvalue weighted by Crippen LogP contribution is 2.30. The first-order valence-corrected chi connectivity index (χ1v) is 35.7. The quantitative estimate of drug-likeness (QED) is 0.0204. The van der Waals surface area contributed by atoms with E-state index in [0.29, 0.717) is 6.42 Å². The molecule has 12 atom stereocenters. The van der Waals surface area contributed by atoms with Crippen molar-refractivity contribution in [3.8, 4) is 0 Å². The molecule has 2 rings (SSSR count). The number of amides is 1. The Balaban J connectivity index is 1.68. The largest absolute Gasteiger partial charge is 0.394 e. The summed E-state index contributed by atoms with van der Waals surface area (Å²) in [4.78, 5) is 13.3. The standard InChI is InChI=1S/C73H131NO13/c1-3-5-7-9-11-13-15-17-19-21-23-25-27-29-30-31-32-33-35-37-39-41-43-45-47-49-51-53-55-57-65(78)74-61(60-84-72-70(83)68(81)71(64(59-76)86-72)87-73-69(82)67(80)66(79)63(58-75)85-73)62(77)56-54-52-50-48-46-44-42-40-38-36-34-28-26-24-22-20-18-16-14-12-10-8-6-4-2/h5,7,11,13,17,19,23,25,29-30,54,56,61-64,66-73,75-77,79-83H,3-4,6,8-10,12,14-16,18,20-22,24,26-28,31-53,55,57-60H2,1-2H3,(H,74,78)/b7-5-,13-11-,19-17-,25-23-,30-29-,56-54+. The van der Waals surface area contributed by atoms with E-state index in [2.05, 4.69) is 79.9 Å². The highest BCUT2D eigenvalue weighted by Gasteiger charge is 2.51. The van der Waals surface area contributed by atoms with Crippen molar-refractivity contribution in [1.82, 2.24) is 5.32 Å². The Morgan fingerprint density at radius 1 is 0.425 bits per heavy atom. The van der Waals surface area contributed by atoms with Crippen molar-refractivity contribution in [2.24, 2.45) is 0 Å². The Morgan fingerprint density at radius 3 is 1.22 bits per heavy atom. The van der Waals surface area contributed by atoms with E-state index in [1.54, 1.807) is 6.08 Å². The van der Waals surface area contributed by atoms with E-state index in [0.717, 1.165) is 77.0 Å². The molecule has 2 heterocycles. The van der Waals surface area contributed by atoms with Crippen LogP contribution in [0.3, 0.4) is 0 Å². The van der Waals surface area contributed by atoms with Crippen molar-refractivity contribution in [2.75, 3.05) is 19.8 Å². The van der Waals surface area contributed by atoms with Gasteiger partial charge in [-0.05, 0) is 64.2 Å². The van der Waals surface area contributed by atoms with Crippen LogP contribution in [0.15, 0.2) is 72.9 Å². The van der Waals surface area contributed by atoms with Crippen LogP contribution in [0.2, 0.25) is 0 Å². The first-order chi connectivity index (χ1) is 42.6. The van der Waals surface area contributed by atoms with Crippen molar-refractivity contribution >= 4 is 5.91 Å². The number of aliphatic hydroxyl groups is 8. The Bertz CT molecular complexity index is 1740. The molecule has 2 aliphatic heterocycles. The fourth-order valence-corrected chi connectivity index (χ4v) is 11.5. The summed E-state index contributed by atoms with van der Waals surface area (Å²) in [5, 5.41) is 87.5. The van der Waals surface area contributed by atoms with Crippen LogP contribution < -0.4 is 5.32 Å². The zero-order chi connectivity index (χ0) is 63.1. The third-order valence-corrected chi connectivity index (χ3v) is 17.1. The Labute approximate surface area is 529 Å². The van der Waals surface area contributed by atoms with Gasteiger partial charge in [-0.2, -0.15) is 0 Å². The Kier molecular flexibility index (Phi) is 53.1. The highest BCUT2D eigenvalue weighted by atomic mass is 16.7. The maximum Gasteiger partial charge on any atom is 0.220 e. The van der Waals surface area contributed by atoms with E-state index in [4.69, 9.17) is 18.9 Å². The molecule has 87 heavy (non-hydrogen) atoms. The van der Waals surface area contributed by atoms with Crippen LogP contribution in [-0.2, 0) is 23.7 Å². The zero-order valence-corrected chi connectivity index (χ0v) is 55.0. The average molecular weight is 1230 g/mol. The lowest BCUT2D eigenvalue weighted by Crippen LogP contribution is -2.65. The summed E-state index contributed by atoms with van der Waals surface area (Å²) in [5.74, 6) is -0.240. The molecule has 506 valence electrons. The van der Waals surface area contributed by atoms with Crippen molar-refractivity contribution in [1.29, 1.82) is 0 Å². The average Bonchev–Trinajstić information content (AvgIpc) is 1.55. The van der Waals surface area contributed by atoms with Crippen LogP contribution in [0.25, 0.3) is 0 Å². The van der Waals surface area contributed by atoms with Crippen molar-refractivity contribution in [3.63, 3.8) is 0 Å². The van der Waals surface area contributed by atoms with E-state index >= 15 is 0 Å². The van der Waals surface area contributed by atoms with Crippen LogP contribution in [0.1, 0.15) is 290 Å². The van der Waals surface area contributed by atoms with Gasteiger partial charge in [-0.3, -0.25) is 4.79 Å². The molecule has 0 spiro atoms. The van der Waals surface area contributed by atoms with Gasteiger partial charge >= 0.3 is 0 Å². The number of allylic oxidation sites excluding steroid dienone is 11. The molecule has 0 saturated carbocycles. The summed E-state index contributed by atoms with van der Waals surface area (Å²) in [6.45, 7) is 2.72. The molecule has 9 N–H and O–H groups in total. The molecule has 0 aromatic rings. The summed E-state index contributed by atoms with van der Waals surface area (Å²) < 4.78 is 22.9. The van der Waals surface area contributed by atoms with Gasteiger partial charge in [-0.25, -0.2) is 0 Å². The van der Waals surface area contributed by atoms with Gasteiger partial charge in [0.1, 0.15) is 48.8 Å². The SMILES string of the molecule is CC/C=C\C/C=C\C/C=C\C/C=C\C/C=C\CCCCCCCCCCCCCCCC(=O)NC(COC1OC(CO)C(OC2OC(CO)C(O)C(O)C2O)C(O)C1O)C(O)/C=C/CCCCCCCCCCCCCCCCCCCCCCCC. The molecule has 0 aromatic carbocycles. The molecule has 0 radical (unpaired) electrons. The van der Waals surface area contributed by atoms with Crippen LogP contribution in [-0.4, -0.2) is 140 Å². The molecule has 0 aliphatic carbocycles. The Hall–Kier alpha value is -2.57. The molecule has 1 amide bonds. The smallest absolute Gasteiger partial charge is 0.220 e. The fraction of sp³-hybridized carbons (Fsp3) is 0.822. The molecular weight excluding hydrogens is 1100 g/mol. The van der Waals surface area contributed by atoms with Gasteiger partial charge in [0.05, 0.1) is 32.0 Å². The highest BCUT2D eigenvalue weighted by molar-refractivity contribution is 5.76. The van der Waals surface area contributed by atoms with E-state index in [1.807, 2.05) is 6.08 Å². The van der Waals surface area contributed by atoms with E-state index in [1.165, 1.54) is 186 Å². The third kappa shape index (κ3) is 41.5. The summed E-state index contributed by atoms with van der Waals surface area (Å²) in [6.07, 6.45) is 60.9. The number of carbonyl (C=O) groups excluding carboxylic acids is 1. The van der Waals surface area contributed by atoms with Crippen LogP contribution >= 0.6 is 0 Å². The minimum Gasteiger partial charge on any atom is -0.394 e. The third-order valence-electron chi connectivity index (χ3n) is 17.1. The maximum absolute atomic E-state index is 13.3. The number of ether oxygens (including phenoxy) is 4. The number of carbonyl (C=O) groups is 1. The van der Waals surface area contributed by atoms with E-state index in [9.17, 15) is 45.6 Å². The van der Waals surface area contributed by atoms with Crippen LogP contribution in [0.5, 0.6) is 0 Å². The number of hydrogen-bond donors (Lipinski definition) is 9. The van der Waals surface area contributed by atoms with Crippen molar-refractivity contribution in [2.45, 2.75) is 364 Å². The van der Waals surface area contributed by atoms with Gasteiger partial charge < -0.3 is 65.1 Å². The Morgan fingerprint density at radius 2 is 0.793 bits per heavy atom. The lowest BCUT2D eigenvalue weighted by atomic mass is 9.97. The number of aliphatic hydroxyl groups excluding tert-OH is 8. The van der Waals surface area contributed by atoms with Gasteiger partial charge in [-0.15, -0.1) is 0 Å². The molecule has 0 bridgehead atoms. The summed E-state index contributed by atoms with van der Waals surface area (Å²) >= 11 is 0. The van der Waals surface area contributed by atoms with Crippen molar-refractivity contribution in [3.05, 3.63) is 72.9 Å². The molecule has 14 heteroatoms. The maximum atomic E-state index is 13.3. The monoisotopic (exact) mass is 1230 g/mol. The first-order valence-electron chi connectivity index (χ1n) is 35.7. The number of nitrogens with one attached hydrogen (secondary N) is 1. The lowest BCUT2D eigenvalue weighted by Gasteiger charge is -2.46. The molecule has 2 saturated heterocycles. The molecule has 12 unspecified atom stereocenters. The summed E-state index contributed by atoms with van der Waals surface area (Å²) in [5.41, 5.74) is 0. The number of unbranched alkanes of at least 4 members (excludes halogenated alkanes) is 35. The second-order valence-corrected chi connectivity index (χ2v) is 25.0. The topological polar surface area (TPSA) is 228 Å². The van der Waals surface area contributed by atoms with E-state index in [-0.39, 0.29) is 18.9 Å². The molecule has 14 nitrogen and oxygen atoms in total. The predicted octanol–water partition coefficient (Wildman–Crippen LogP) is 14.6. The normalized spacial score (nSPS) is 23.7.